The molecule has 2 aromatic rings. The molecule has 1 aromatic carbocycles. The number of aromatic nitrogens is 3. The summed E-state index contributed by atoms with van der Waals surface area (Å²) < 4.78 is 2.09. The molecule has 0 spiro atoms. The van der Waals surface area contributed by atoms with Crippen molar-refractivity contribution in [2.75, 3.05) is 26.2 Å². The van der Waals surface area contributed by atoms with Crippen LogP contribution in [0.25, 0.3) is 0 Å². The molecule has 164 valence electrons. The number of hydrogen-bond donors (Lipinski definition) is 2. The maximum absolute atomic E-state index is 4.79. The van der Waals surface area contributed by atoms with Crippen molar-refractivity contribution in [3.63, 3.8) is 0 Å². The first-order valence-corrected chi connectivity index (χ1v) is 11.5. The second-order valence-electron chi connectivity index (χ2n) is 7.93. The topological polar surface area (TPSA) is 70.4 Å². The van der Waals surface area contributed by atoms with Crippen LogP contribution in [-0.2, 0) is 26.1 Å². The van der Waals surface area contributed by atoms with E-state index in [1.807, 2.05) is 0 Å². The standard InChI is InChI=1S/C23H37N7/c1-3-22-28-27-19-30(22)15-12-25-23(24-4-2)26-17-20-10-9-11-21(16-20)18-29-13-7-5-6-8-14-29/h9-11,16,19H,3-8,12-15,17-18H2,1-2H3,(H2,24,25,26). The van der Waals surface area contributed by atoms with E-state index < -0.39 is 0 Å². The van der Waals surface area contributed by atoms with Crippen LogP contribution in [0, 0.1) is 0 Å². The van der Waals surface area contributed by atoms with Crippen molar-refractivity contribution >= 4 is 5.96 Å². The minimum absolute atomic E-state index is 0.677. The minimum Gasteiger partial charge on any atom is -0.357 e. The van der Waals surface area contributed by atoms with Crippen molar-refractivity contribution in [1.29, 1.82) is 0 Å². The van der Waals surface area contributed by atoms with E-state index in [-0.39, 0.29) is 0 Å². The summed E-state index contributed by atoms with van der Waals surface area (Å²) in [5, 5.41) is 14.9. The van der Waals surface area contributed by atoms with Crippen LogP contribution < -0.4 is 10.6 Å². The van der Waals surface area contributed by atoms with Gasteiger partial charge in [0, 0.05) is 32.6 Å². The summed E-state index contributed by atoms with van der Waals surface area (Å²) in [7, 11) is 0. The molecule has 7 nitrogen and oxygen atoms in total. The fourth-order valence-electron chi connectivity index (χ4n) is 3.93. The SMILES string of the molecule is CCNC(=NCc1cccc(CN2CCCCCC2)c1)NCCn1cnnc1CC. The van der Waals surface area contributed by atoms with E-state index in [1.165, 1.54) is 49.9 Å². The van der Waals surface area contributed by atoms with Gasteiger partial charge in [0.05, 0.1) is 6.54 Å². The molecule has 0 unspecified atom stereocenters. The first-order chi connectivity index (χ1) is 14.8. The molecule has 0 amide bonds. The van der Waals surface area contributed by atoms with Crippen molar-refractivity contribution in [3.05, 3.63) is 47.5 Å². The molecule has 0 atom stereocenters. The van der Waals surface area contributed by atoms with Crippen LogP contribution in [0.4, 0.5) is 0 Å². The number of aliphatic imine (C=N–C) groups is 1. The summed E-state index contributed by atoms with van der Waals surface area (Å²) in [4.78, 5) is 7.38. The molecule has 7 heteroatoms. The Balaban J connectivity index is 1.53. The average molecular weight is 412 g/mol. The van der Waals surface area contributed by atoms with Gasteiger partial charge in [0.1, 0.15) is 12.2 Å². The van der Waals surface area contributed by atoms with Crippen molar-refractivity contribution in [1.82, 2.24) is 30.3 Å². The number of likely N-dealkylation sites (tertiary alicyclic amines) is 1. The van der Waals surface area contributed by atoms with Gasteiger partial charge in [-0.25, -0.2) is 4.99 Å². The summed E-state index contributed by atoms with van der Waals surface area (Å²) in [5.41, 5.74) is 2.65. The Morgan fingerprint density at radius 2 is 1.87 bits per heavy atom. The Bertz CT molecular complexity index is 775. The molecule has 1 aliphatic rings. The molecular weight excluding hydrogens is 374 g/mol. The molecule has 1 fully saturated rings. The molecule has 30 heavy (non-hydrogen) atoms. The molecule has 1 saturated heterocycles. The summed E-state index contributed by atoms with van der Waals surface area (Å²) in [6, 6.07) is 8.88. The first-order valence-electron chi connectivity index (χ1n) is 11.5. The van der Waals surface area contributed by atoms with E-state index in [4.69, 9.17) is 4.99 Å². The van der Waals surface area contributed by atoms with Gasteiger partial charge in [0.25, 0.3) is 0 Å². The molecule has 1 aromatic heterocycles. The van der Waals surface area contributed by atoms with Crippen LogP contribution in [0.3, 0.4) is 0 Å². The van der Waals surface area contributed by atoms with Crippen molar-refractivity contribution in [2.45, 2.75) is 65.6 Å². The lowest BCUT2D eigenvalue weighted by Crippen LogP contribution is -2.38. The third kappa shape index (κ3) is 7.13. The van der Waals surface area contributed by atoms with Gasteiger partial charge < -0.3 is 15.2 Å². The van der Waals surface area contributed by atoms with Crippen molar-refractivity contribution < 1.29 is 0 Å². The smallest absolute Gasteiger partial charge is 0.191 e. The van der Waals surface area contributed by atoms with Crippen LogP contribution >= 0.6 is 0 Å². The zero-order valence-electron chi connectivity index (χ0n) is 18.6. The van der Waals surface area contributed by atoms with E-state index in [1.54, 1.807) is 6.33 Å². The Labute approximate surface area is 181 Å². The number of benzene rings is 1. The first kappa shape index (κ1) is 22.3. The molecule has 2 N–H and O–H groups in total. The lowest BCUT2D eigenvalue weighted by molar-refractivity contribution is 0.277. The maximum Gasteiger partial charge on any atom is 0.191 e. The zero-order chi connectivity index (χ0) is 21.0. The van der Waals surface area contributed by atoms with Gasteiger partial charge in [-0.15, -0.1) is 10.2 Å². The second-order valence-corrected chi connectivity index (χ2v) is 7.93. The van der Waals surface area contributed by atoms with Gasteiger partial charge in [0.2, 0.25) is 0 Å². The van der Waals surface area contributed by atoms with Gasteiger partial charge in [-0.05, 0) is 44.0 Å². The highest BCUT2D eigenvalue weighted by Crippen LogP contribution is 2.14. The van der Waals surface area contributed by atoms with E-state index in [0.717, 1.165) is 44.4 Å². The Hall–Kier alpha value is -2.41. The number of nitrogens with one attached hydrogen (secondary N) is 2. The van der Waals surface area contributed by atoms with E-state index in [2.05, 4.69) is 68.4 Å². The van der Waals surface area contributed by atoms with E-state index in [0.29, 0.717) is 6.54 Å². The molecule has 0 bridgehead atoms. The molecule has 3 rings (SSSR count). The Morgan fingerprint density at radius 1 is 1.07 bits per heavy atom. The van der Waals surface area contributed by atoms with Crippen molar-refractivity contribution in [2.24, 2.45) is 4.99 Å². The highest BCUT2D eigenvalue weighted by Gasteiger charge is 2.09. The summed E-state index contributed by atoms with van der Waals surface area (Å²) >= 11 is 0. The summed E-state index contributed by atoms with van der Waals surface area (Å²) in [6.45, 7) is 10.8. The molecule has 1 aliphatic heterocycles. The summed E-state index contributed by atoms with van der Waals surface area (Å²) in [6.07, 6.45) is 8.10. The third-order valence-corrected chi connectivity index (χ3v) is 5.52. The van der Waals surface area contributed by atoms with Gasteiger partial charge in [-0.3, -0.25) is 4.90 Å². The van der Waals surface area contributed by atoms with Gasteiger partial charge in [-0.1, -0.05) is 44.0 Å². The van der Waals surface area contributed by atoms with Crippen LogP contribution in [0.5, 0.6) is 0 Å². The number of rotatable bonds is 9. The molecular formula is C23H37N7. The number of guanidine groups is 1. The summed E-state index contributed by atoms with van der Waals surface area (Å²) in [5.74, 6) is 1.86. The van der Waals surface area contributed by atoms with Crippen LogP contribution in [-0.4, -0.2) is 51.8 Å². The Morgan fingerprint density at radius 3 is 2.63 bits per heavy atom. The fourth-order valence-corrected chi connectivity index (χ4v) is 3.93. The van der Waals surface area contributed by atoms with Gasteiger partial charge in [0.15, 0.2) is 5.96 Å². The fraction of sp³-hybridized carbons (Fsp3) is 0.609. The number of aryl methyl sites for hydroxylation is 1. The third-order valence-electron chi connectivity index (χ3n) is 5.52. The quantitative estimate of drug-likeness (QED) is 0.490. The predicted octanol–water partition coefficient (Wildman–Crippen LogP) is 2.97. The number of nitrogens with zero attached hydrogens (tertiary/aromatic N) is 5. The zero-order valence-corrected chi connectivity index (χ0v) is 18.6. The van der Waals surface area contributed by atoms with Crippen LogP contribution in [0.15, 0.2) is 35.6 Å². The predicted molar refractivity (Wildman–Crippen MR) is 122 cm³/mol. The second kappa shape index (κ2) is 12.3. The maximum atomic E-state index is 4.79. The van der Waals surface area contributed by atoms with Crippen LogP contribution in [0.2, 0.25) is 0 Å². The number of hydrogen-bond acceptors (Lipinski definition) is 4. The normalized spacial score (nSPS) is 15.7. The average Bonchev–Trinajstić information content (AvgIpc) is 3.06. The highest BCUT2D eigenvalue weighted by atomic mass is 15.3. The van der Waals surface area contributed by atoms with E-state index >= 15 is 0 Å². The van der Waals surface area contributed by atoms with Gasteiger partial charge in [-0.2, -0.15) is 0 Å². The largest absolute Gasteiger partial charge is 0.357 e. The minimum atomic E-state index is 0.677. The molecule has 0 aliphatic carbocycles. The monoisotopic (exact) mass is 411 g/mol. The highest BCUT2D eigenvalue weighted by molar-refractivity contribution is 5.79. The molecule has 2 heterocycles. The van der Waals surface area contributed by atoms with Gasteiger partial charge >= 0.3 is 0 Å². The Kier molecular flexibility index (Phi) is 9.15. The van der Waals surface area contributed by atoms with E-state index in [9.17, 15) is 0 Å². The molecule has 0 radical (unpaired) electrons. The lowest BCUT2D eigenvalue weighted by atomic mass is 10.1. The van der Waals surface area contributed by atoms with Crippen molar-refractivity contribution in [3.8, 4) is 0 Å². The molecule has 0 saturated carbocycles. The van der Waals surface area contributed by atoms with Crippen LogP contribution in [0.1, 0.15) is 56.5 Å². The lowest BCUT2D eigenvalue weighted by Gasteiger charge is -2.20.